The number of nitrogens with zero attached hydrogens (tertiary/aromatic N) is 1. The van der Waals surface area contributed by atoms with Gasteiger partial charge in [0.05, 0.1) is 4.90 Å². The van der Waals surface area contributed by atoms with E-state index in [1.165, 1.54) is 32.3 Å². The molecular formula is C24H37N3O4S. The maximum Gasteiger partial charge on any atom is 0.241 e. The normalized spacial score (nSPS) is 21.0. The van der Waals surface area contributed by atoms with Crippen LogP contribution in [-0.4, -0.2) is 38.4 Å². The average molecular weight is 464 g/mol. The maximum atomic E-state index is 13.2. The molecule has 2 atom stereocenters. The van der Waals surface area contributed by atoms with Gasteiger partial charge in [0.15, 0.2) is 0 Å². The highest BCUT2D eigenvalue weighted by Crippen LogP contribution is 2.34. The predicted octanol–water partition coefficient (Wildman–Crippen LogP) is 3.52. The van der Waals surface area contributed by atoms with Crippen molar-refractivity contribution >= 4 is 27.5 Å². The molecule has 1 aliphatic carbocycles. The lowest BCUT2D eigenvalue weighted by Crippen LogP contribution is -2.52. The van der Waals surface area contributed by atoms with Gasteiger partial charge in [0, 0.05) is 24.7 Å². The summed E-state index contributed by atoms with van der Waals surface area (Å²) in [6.45, 7) is 7.15. The Morgan fingerprint density at radius 2 is 1.69 bits per heavy atom. The summed E-state index contributed by atoms with van der Waals surface area (Å²) in [6, 6.07) is 4.08. The number of sulfonamides is 1. The summed E-state index contributed by atoms with van der Waals surface area (Å²) >= 11 is 0. The van der Waals surface area contributed by atoms with Gasteiger partial charge in [-0.15, -0.1) is 0 Å². The van der Waals surface area contributed by atoms with Gasteiger partial charge in [-0.1, -0.05) is 46.0 Å². The van der Waals surface area contributed by atoms with Crippen LogP contribution < -0.4 is 14.9 Å². The molecular weight excluding hydrogens is 426 g/mol. The molecule has 1 fully saturated rings. The van der Waals surface area contributed by atoms with E-state index in [1.807, 2.05) is 20.8 Å². The third-order valence-electron chi connectivity index (χ3n) is 6.60. The standard InChI is InChI=1S/C24H37N3O4S/c1-16(2)23(24(29)25-20-10-8-6-5-7-9-11-20)26-32(30,31)21-12-13-22-19(15-21)14-17(3)27(22)18(4)28/h12-13,15-17,20,23,26H,5-11,14H2,1-4H3,(H,25,29)/t17-,23+/m0/s1. The third kappa shape index (κ3) is 5.70. The molecule has 1 aliphatic heterocycles. The number of amides is 2. The van der Waals surface area contributed by atoms with E-state index in [0.29, 0.717) is 6.42 Å². The fraction of sp³-hybridized carbons (Fsp3) is 0.667. The molecule has 0 saturated heterocycles. The Morgan fingerprint density at radius 1 is 1.06 bits per heavy atom. The Bertz CT molecular complexity index is 937. The van der Waals surface area contributed by atoms with E-state index in [2.05, 4.69) is 10.0 Å². The number of hydrogen-bond acceptors (Lipinski definition) is 4. The van der Waals surface area contributed by atoms with Crippen molar-refractivity contribution in [3.05, 3.63) is 23.8 Å². The fourth-order valence-electron chi connectivity index (χ4n) is 4.87. The molecule has 7 nitrogen and oxygen atoms in total. The van der Waals surface area contributed by atoms with Crippen LogP contribution in [0.1, 0.15) is 78.2 Å². The smallest absolute Gasteiger partial charge is 0.241 e. The first kappa shape index (κ1) is 24.7. The van der Waals surface area contributed by atoms with Crippen LogP contribution in [0.15, 0.2) is 23.1 Å². The summed E-state index contributed by atoms with van der Waals surface area (Å²) in [5.74, 6) is -0.511. The predicted molar refractivity (Wildman–Crippen MR) is 126 cm³/mol. The number of hydrogen-bond donors (Lipinski definition) is 2. The molecule has 2 N–H and O–H groups in total. The topological polar surface area (TPSA) is 95.6 Å². The average Bonchev–Trinajstić information content (AvgIpc) is 3.02. The van der Waals surface area contributed by atoms with Crippen molar-refractivity contribution < 1.29 is 18.0 Å². The van der Waals surface area contributed by atoms with Crippen molar-refractivity contribution in [2.24, 2.45) is 5.92 Å². The molecule has 3 rings (SSSR count). The Kier molecular flexibility index (Phi) is 7.98. The number of nitrogens with one attached hydrogen (secondary N) is 2. The highest BCUT2D eigenvalue weighted by atomic mass is 32.2. The van der Waals surface area contributed by atoms with Crippen molar-refractivity contribution in [2.45, 2.75) is 102 Å². The van der Waals surface area contributed by atoms with Gasteiger partial charge in [-0.05, 0) is 55.9 Å². The van der Waals surface area contributed by atoms with Gasteiger partial charge < -0.3 is 10.2 Å². The second kappa shape index (κ2) is 10.3. The highest BCUT2D eigenvalue weighted by Gasteiger charge is 2.33. The van der Waals surface area contributed by atoms with Gasteiger partial charge in [-0.3, -0.25) is 9.59 Å². The Balaban J connectivity index is 1.75. The second-order valence-electron chi connectivity index (χ2n) is 9.63. The minimum Gasteiger partial charge on any atom is -0.352 e. The van der Waals surface area contributed by atoms with Crippen molar-refractivity contribution in [1.29, 1.82) is 0 Å². The van der Waals surface area contributed by atoms with Crippen LogP contribution in [0.25, 0.3) is 0 Å². The van der Waals surface area contributed by atoms with E-state index >= 15 is 0 Å². The molecule has 8 heteroatoms. The maximum absolute atomic E-state index is 13.2. The van der Waals surface area contributed by atoms with Gasteiger partial charge in [0.2, 0.25) is 21.8 Å². The largest absolute Gasteiger partial charge is 0.352 e. The van der Waals surface area contributed by atoms with E-state index in [-0.39, 0.29) is 34.7 Å². The number of anilines is 1. The van der Waals surface area contributed by atoms with Crippen LogP contribution >= 0.6 is 0 Å². The third-order valence-corrected chi connectivity index (χ3v) is 8.04. The summed E-state index contributed by atoms with van der Waals surface area (Å²) in [7, 11) is -3.89. The minimum atomic E-state index is -3.89. The first-order valence-electron chi connectivity index (χ1n) is 11.9. The second-order valence-corrected chi connectivity index (χ2v) is 11.3. The van der Waals surface area contributed by atoms with Crippen LogP contribution in [-0.2, 0) is 26.0 Å². The molecule has 1 aromatic rings. The van der Waals surface area contributed by atoms with E-state index in [0.717, 1.165) is 36.9 Å². The van der Waals surface area contributed by atoms with Crippen molar-refractivity contribution in [2.75, 3.05) is 4.90 Å². The van der Waals surface area contributed by atoms with E-state index in [9.17, 15) is 18.0 Å². The van der Waals surface area contributed by atoms with E-state index in [1.54, 1.807) is 17.0 Å². The Labute approximate surface area is 192 Å². The highest BCUT2D eigenvalue weighted by molar-refractivity contribution is 7.89. The van der Waals surface area contributed by atoms with Crippen molar-refractivity contribution in [3.8, 4) is 0 Å². The lowest BCUT2D eigenvalue weighted by molar-refractivity contribution is -0.124. The van der Waals surface area contributed by atoms with Crippen LogP contribution in [0.5, 0.6) is 0 Å². The molecule has 2 aliphatic rings. The van der Waals surface area contributed by atoms with E-state index in [4.69, 9.17) is 0 Å². The molecule has 1 saturated carbocycles. The number of fused-ring (bicyclic) bond motifs is 1. The van der Waals surface area contributed by atoms with Gasteiger partial charge in [-0.25, -0.2) is 8.42 Å². The Morgan fingerprint density at radius 3 is 2.28 bits per heavy atom. The molecule has 0 aromatic heterocycles. The van der Waals surface area contributed by atoms with Crippen LogP contribution in [0.2, 0.25) is 0 Å². The first-order valence-corrected chi connectivity index (χ1v) is 13.3. The number of benzene rings is 1. The van der Waals surface area contributed by atoms with Gasteiger partial charge in [0.1, 0.15) is 6.04 Å². The minimum absolute atomic E-state index is 0.00798. The quantitative estimate of drug-likeness (QED) is 0.675. The van der Waals surface area contributed by atoms with Gasteiger partial charge in [0.25, 0.3) is 0 Å². The molecule has 1 heterocycles. The molecule has 0 bridgehead atoms. The van der Waals surface area contributed by atoms with Gasteiger partial charge in [-0.2, -0.15) is 4.72 Å². The molecule has 32 heavy (non-hydrogen) atoms. The number of carbonyl (C=O) groups excluding carboxylic acids is 2. The summed E-state index contributed by atoms with van der Waals surface area (Å²) in [4.78, 5) is 26.8. The fourth-order valence-corrected chi connectivity index (χ4v) is 6.27. The van der Waals surface area contributed by atoms with Crippen LogP contribution in [0.4, 0.5) is 5.69 Å². The zero-order valence-electron chi connectivity index (χ0n) is 19.7. The lowest BCUT2D eigenvalue weighted by Gasteiger charge is -2.26. The van der Waals surface area contributed by atoms with Crippen LogP contribution in [0.3, 0.4) is 0 Å². The summed E-state index contributed by atoms with van der Waals surface area (Å²) < 4.78 is 29.0. The van der Waals surface area contributed by atoms with Crippen molar-refractivity contribution in [1.82, 2.24) is 10.0 Å². The Hall–Kier alpha value is -1.93. The van der Waals surface area contributed by atoms with Crippen molar-refractivity contribution in [3.63, 3.8) is 0 Å². The number of rotatable bonds is 6. The monoisotopic (exact) mass is 463 g/mol. The first-order chi connectivity index (χ1) is 15.1. The molecule has 0 radical (unpaired) electrons. The zero-order chi connectivity index (χ0) is 23.5. The molecule has 0 spiro atoms. The van der Waals surface area contributed by atoms with E-state index < -0.39 is 16.1 Å². The zero-order valence-corrected chi connectivity index (χ0v) is 20.5. The molecule has 178 valence electrons. The SMILES string of the molecule is CC(=O)N1c2ccc(S(=O)(=O)N[C@@H](C(=O)NC3CCCCCCC3)C(C)C)cc2C[C@@H]1C. The molecule has 2 amide bonds. The summed E-state index contributed by atoms with van der Waals surface area (Å²) in [5.41, 5.74) is 1.59. The molecule has 0 unspecified atom stereocenters. The van der Waals surface area contributed by atoms with Crippen LogP contribution in [0, 0.1) is 5.92 Å². The lowest BCUT2D eigenvalue weighted by atomic mass is 9.96. The summed E-state index contributed by atoms with van der Waals surface area (Å²) in [6.07, 6.45) is 8.29. The van der Waals surface area contributed by atoms with Gasteiger partial charge >= 0.3 is 0 Å². The number of carbonyl (C=O) groups is 2. The summed E-state index contributed by atoms with van der Waals surface area (Å²) in [5, 5.41) is 3.10. The molecule has 1 aromatic carbocycles.